The van der Waals surface area contributed by atoms with Gasteiger partial charge in [-0.15, -0.1) is 0 Å². The molecule has 0 aliphatic carbocycles. The molecule has 0 saturated heterocycles. The first-order valence-corrected chi connectivity index (χ1v) is 13.3. The number of carbonyl (C=O) groups excluding carboxylic acids is 3. The van der Waals surface area contributed by atoms with Gasteiger partial charge in [-0.1, -0.05) is 40.9 Å². The molecule has 0 aromatic heterocycles. The van der Waals surface area contributed by atoms with Crippen LogP contribution in [0, 0.1) is 25.7 Å². The van der Waals surface area contributed by atoms with Crippen LogP contribution in [0.2, 0.25) is 5.02 Å². The fraction of sp³-hybridized carbons (Fsp3) is 0.429. The summed E-state index contributed by atoms with van der Waals surface area (Å²) in [6.45, 7) is 3.67. The van der Waals surface area contributed by atoms with Gasteiger partial charge >= 0.3 is 12.4 Å². The molecule has 2 aromatic rings. The third-order valence-electron chi connectivity index (χ3n) is 6.70. The summed E-state index contributed by atoms with van der Waals surface area (Å²) in [5, 5.41) is 5.03. The first-order valence-electron chi connectivity index (χ1n) is 12.9. The Hall–Kier alpha value is -3.61. The highest BCUT2D eigenvalue weighted by Crippen LogP contribution is 2.33. The van der Waals surface area contributed by atoms with E-state index >= 15 is 0 Å². The minimum atomic E-state index is -4.74. The van der Waals surface area contributed by atoms with Crippen molar-refractivity contribution in [2.24, 2.45) is 22.6 Å². The van der Waals surface area contributed by atoms with E-state index in [4.69, 9.17) is 17.3 Å². The van der Waals surface area contributed by atoms with Crippen molar-refractivity contribution in [3.63, 3.8) is 0 Å². The zero-order valence-corrected chi connectivity index (χ0v) is 23.4. The number of para-hydroxylation sites is 1. The second-order valence-corrected chi connectivity index (χ2v) is 10.6. The number of carbonyl (C=O) groups is 3. The zero-order chi connectivity index (χ0) is 31.4. The number of nitrogens with one attached hydrogen (secondary N) is 2. The van der Waals surface area contributed by atoms with E-state index in [2.05, 4.69) is 15.6 Å². The fourth-order valence-corrected chi connectivity index (χ4v) is 5.10. The van der Waals surface area contributed by atoms with E-state index in [9.17, 15) is 40.7 Å². The van der Waals surface area contributed by atoms with Crippen molar-refractivity contribution in [2.45, 2.75) is 64.5 Å². The molecule has 0 radical (unpaired) electrons. The van der Waals surface area contributed by atoms with Crippen LogP contribution in [0.5, 0.6) is 0 Å². The largest absolute Gasteiger partial charge is 0.389 e. The maximum Gasteiger partial charge on any atom is 0.389 e. The average Bonchev–Trinajstić information content (AvgIpc) is 2.98. The molecule has 3 rings (SSSR count). The molecule has 42 heavy (non-hydrogen) atoms. The van der Waals surface area contributed by atoms with Crippen molar-refractivity contribution >= 4 is 40.7 Å². The van der Waals surface area contributed by atoms with Crippen LogP contribution in [0.25, 0.3) is 0 Å². The van der Waals surface area contributed by atoms with Gasteiger partial charge < -0.3 is 16.4 Å². The molecule has 2 aromatic carbocycles. The molecule has 1 aliphatic heterocycles. The Morgan fingerprint density at radius 2 is 1.62 bits per heavy atom. The highest BCUT2D eigenvalue weighted by molar-refractivity contribution is 6.36. The number of aryl methyl sites for hydroxylation is 2. The van der Waals surface area contributed by atoms with Gasteiger partial charge in [0.25, 0.3) is 5.91 Å². The molecule has 14 heteroatoms. The maximum absolute atomic E-state index is 13.4. The van der Waals surface area contributed by atoms with E-state index in [0.717, 1.165) is 11.1 Å². The van der Waals surface area contributed by atoms with Crippen LogP contribution >= 0.6 is 11.6 Å². The maximum atomic E-state index is 13.4. The summed E-state index contributed by atoms with van der Waals surface area (Å²) in [5.41, 5.74) is 8.46. The summed E-state index contributed by atoms with van der Waals surface area (Å²) in [6.07, 6.45) is -16.0. The second-order valence-electron chi connectivity index (χ2n) is 10.2. The van der Waals surface area contributed by atoms with Crippen molar-refractivity contribution in [1.29, 1.82) is 0 Å². The van der Waals surface area contributed by atoms with Crippen LogP contribution < -0.4 is 16.4 Å². The average molecular weight is 619 g/mol. The number of benzene rings is 2. The number of nitrogens with two attached hydrogens (primary N) is 1. The molecule has 0 spiro atoms. The predicted molar refractivity (Wildman–Crippen MR) is 145 cm³/mol. The van der Waals surface area contributed by atoms with Gasteiger partial charge in [0.05, 0.1) is 16.4 Å². The van der Waals surface area contributed by atoms with Crippen LogP contribution in [0.3, 0.4) is 0 Å². The Morgan fingerprint density at radius 3 is 2.19 bits per heavy atom. The van der Waals surface area contributed by atoms with Crippen LogP contribution in [0.4, 0.5) is 32.0 Å². The smallest absolute Gasteiger partial charge is 0.369 e. The molecular weight excluding hydrogens is 590 g/mol. The summed E-state index contributed by atoms with van der Waals surface area (Å²) in [5.74, 6) is -6.73. The van der Waals surface area contributed by atoms with Gasteiger partial charge in [-0.3, -0.25) is 14.4 Å². The number of anilines is 1. The number of fused-ring (bicyclic) bond motifs is 1. The minimum Gasteiger partial charge on any atom is -0.369 e. The van der Waals surface area contributed by atoms with Crippen LogP contribution in [-0.4, -0.2) is 42.0 Å². The van der Waals surface area contributed by atoms with Crippen LogP contribution in [0.15, 0.2) is 41.4 Å². The van der Waals surface area contributed by atoms with Crippen molar-refractivity contribution in [1.82, 2.24) is 5.32 Å². The summed E-state index contributed by atoms with van der Waals surface area (Å²) in [4.78, 5) is 43.2. The fourth-order valence-electron chi connectivity index (χ4n) is 4.88. The number of hydrogen-bond donors (Lipinski definition) is 3. The van der Waals surface area contributed by atoms with Crippen LogP contribution in [0.1, 0.15) is 54.4 Å². The molecule has 1 unspecified atom stereocenters. The first-order chi connectivity index (χ1) is 19.4. The van der Waals surface area contributed by atoms with Gasteiger partial charge in [0, 0.05) is 35.8 Å². The van der Waals surface area contributed by atoms with E-state index in [0.29, 0.717) is 11.1 Å². The van der Waals surface area contributed by atoms with Gasteiger partial charge in [-0.05, 0) is 51.3 Å². The van der Waals surface area contributed by atoms with E-state index in [1.165, 1.54) is 6.07 Å². The van der Waals surface area contributed by atoms with E-state index < -0.39 is 80.2 Å². The molecule has 3 amide bonds. The number of halogens is 7. The number of nitrogens with zero attached hydrogens (tertiary/aromatic N) is 1. The second kappa shape index (κ2) is 13.1. The number of amides is 3. The SMILES string of the molecule is Cc1cc(C)cc(C2=NC(NC(=O)[C@H](CCC(F)(F)F)[C@H](CCCC(F)(F)F)C(N)=O)C(=O)Nc3c(Cl)cccc32)c1. The molecule has 1 heterocycles. The summed E-state index contributed by atoms with van der Waals surface area (Å²) < 4.78 is 77.5. The van der Waals surface area contributed by atoms with Gasteiger partial charge in [0.1, 0.15) is 0 Å². The molecule has 0 fully saturated rings. The van der Waals surface area contributed by atoms with Crippen molar-refractivity contribution in [3.05, 3.63) is 63.7 Å². The number of benzodiazepines with no additional fused rings is 1. The van der Waals surface area contributed by atoms with Crippen molar-refractivity contribution in [2.75, 3.05) is 5.32 Å². The van der Waals surface area contributed by atoms with E-state index in [1.807, 2.05) is 19.9 Å². The standard InChI is InChI=1S/C28H29ClF6N4O3/c1-14-11-15(2)13-16(12-14)21-19-5-3-7-20(29)22(19)38-26(42)24(37-21)39-25(41)18(8-10-28(33,34)35)17(23(36)40)6-4-9-27(30,31)32/h3,5,7,11-13,17-18,24H,4,6,8-10H2,1-2H3,(H2,36,40)(H,38,42)(H,39,41)/t17-,18+,24?/m0/s1. The third-order valence-corrected chi connectivity index (χ3v) is 7.01. The highest BCUT2D eigenvalue weighted by Gasteiger charge is 2.39. The molecule has 228 valence electrons. The number of aliphatic imine (C=N–C) groups is 1. The Balaban J connectivity index is 2.02. The summed E-state index contributed by atoms with van der Waals surface area (Å²) >= 11 is 6.35. The number of hydrogen-bond acceptors (Lipinski definition) is 4. The Kier molecular flexibility index (Phi) is 10.3. The van der Waals surface area contributed by atoms with E-state index in [1.54, 1.807) is 24.3 Å². The molecule has 3 atom stereocenters. The van der Waals surface area contributed by atoms with Crippen molar-refractivity contribution in [3.8, 4) is 0 Å². The molecule has 7 nitrogen and oxygen atoms in total. The lowest BCUT2D eigenvalue weighted by Gasteiger charge is -2.26. The molecule has 0 bridgehead atoms. The molecule has 4 N–H and O–H groups in total. The molecule has 1 aliphatic rings. The third kappa shape index (κ3) is 8.94. The lowest BCUT2D eigenvalue weighted by molar-refractivity contribution is -0.147. The lowest BCUT2D eigenvalue weighted by atomic mass is 9.83. The van der Waals surface area contributed by atoms with E-state index in [-0.39, 0.29) is 16.4 Å². The topological polar surface area (TPSA) is 114 Å². The highest BCUT2D eigenvalue weighted by atomic mass is 35.5. The van der Waals surface area contributed by atoms with Crippen molar-refractivity contribution < 1.29 is 40.7 Å². The van der Waals surface area contributed by atoms with Crippen LogP contribution in [-0.2, 0) is 14.4 Å². The van der Waals surface area contributed by atoms with Gasteiger partial charge in [-0.2, -0.15) is 26.3 Å². The Morgan fingerprint density at radius 1 is 1.00 bits per heavy atom. The van der Waals surface area contributed by atoms with Gasteiger partial charge in [0.15, 0.2) is 0 Å². The number of primary amides is 1. The minimum absolute atomic E-state index is 0.159. The zero-order valence-electron chi connectivity index (χ0n) is 22.6. The monoisotopic (exact) mass is 618 g/mol. The predicted octanol–water partition coefficient (Wildman–Crippen LogP) is 5.98. The summed E-state index contributed by atoms with van der Waals surface area (Å²) in [7, 11) is 0. The Bertz CT molecular complexity index is 1360. The molecule has 0 saturated carbocycles. The molecular formula is C28H29ClF6N4O3. The number of alkyl halides is 6. The lowest BCUT2D eigenvalue weighted by Crippen LogP contribution is -2.48. The van der Waals surface area contributed by atoms with Gasteiger partial charge in [0.2, 0.25) is 18.0 Å². The van der Waals surface area contributed by atoms with Gasteiger partial charge in [-0.25, -0.2) is 4.99 Å². The quantitative estimate of drug-likeness (QED) is 0.285. The summed E-state index contributed by atoms with van der Waals surface area (Å²) in [6, 6.07) is 10.2. The Labute approximate surface area is 242 Å². The normalized spacial score (nSPS) is 16.9. The number of rotatable bonds is 10. The first kappa shape index (κ1) is 32.9.